The third kappa shape index (κ3) is 1.84. The van der Waals surface area contributed by atoms with Gasteiger partial charge in [0.05, 0.1) is 6.04 Å². The zero-order valence-electron chi connectivity index (χ0n) is 13.9. The van der Waals surface area contributed by atoms with E-state index in [1.54, 1.807) is 0 Å². The summed E-state index contributed by atoms with van der Waals surface area (Å²) < 4.78 is 0. The minimum atomic E-state index is 0.0495. The van der Waals surface area contributed by atoms with Crippen molar-refractivity contribution in [1.82, 2.24) is 0 Å². The lowest BCUT2D eigenvalue weighted by molar-refractivity contribution is -0.433. The highest BCUT2D eigenvalue weighted by Gasteiger charge is 2.60. The van der Waals surface area contributed by atoms with Crippen LogP contribution >= 0.6 is 0 Å². The summed E-state index contributed by atoms with van der Waals surface area (Å²) in [5, 5.41) is 0. The topological polar surface area (TPSA) is 44.7 Å². The molecule has 0 radical (unpaired) electrons. The lowest BCUT2D eigenvalue weighted by Gasteiger charge is -2.59. The van der Waals surface area contributed by atoms with E-state index in [9.17, 15) is 4.79 Å². The van der Waals surface area contributed by atoms with Gasteiger partial charge >= 0.3 is 0 Å². The maximum absolute atomic E-state index is 12.4. The van der Waals surface area contributed by atoms with E-state index in [2.05, 4.69) is 19.6 Å². The third-order valence-electron chi connectivity index (χ3n) is 8.48. The van der Waals surface area contributed by atoms with Gasteiger partial charge < -0.3 is 5.73 Å². The highest BCUT2D eigenvalue weighted by atomic mass is 16.1. The fraction of sp³-hybridized carbons (Fsp3) is 0.947. The Balaban J connectivity index is 1.64. The van der Waals surface area contributed by atoms with Crippen LogP contribution in [0.4, 0.5) is 0 Å². The SMILES string of the molecule is C[C@]12CC[C@@H]([NH3+])C[C@@H]1CC[C@@H]1[C@@H]2CC[C@]2(C)C(=O)CC[C@@H]12. The molecule has 118 valence electrons. The average Bonchev–Trinajstić information content (AvgIpc) is 2.76. The van der Waals surface area contributed by atoms with Crippen molar-refractivity contribution >= 4 is 5.78 Å². The molecular weight excluding hydrogens is 258 g/mol. The number of carbonyl (C=O) groups is 1. The van der Waals surface area contributed by atoms with Gasteiger partial charge in [-0.25, -0.2) is 0 Å². The summed E-state index contributed by atoms with van der Waals surface area (Å²) >= 11 is 0. The van der Waals surface area contributed by atoms with Crippen LogP contribution in [-0.2, 0) is 4.79 Å². The summed E-state index contributed by atoms with van der Waals surface area (Å²) in [5.41, 5.74) is 4.96. The lowest BCUT2D eigenvalue weighted by Crippen LogP contribution is -2.65. The molecule has 7 atom stereocenters. The molecule has 21 heavy (non-hydrogen) atoms. The lowest BCUT2D eigenvalue weighted by atomic mass is 9.45. The predicted molar refractivity (Wildman–Crippen MR) is 83.4 cm³/mol. The standard InChI is InChI=1S/C19H31NO/c1-18-9-7-13(20)11-12(18)3-4-14-15-5-6-17(21)19(15,2)10-8-16(14)18/h12-16H,3-11,20H2,1-2H3/p+1/t12-,13+,14-,15-,16-,18-,19-/m0/s1. The molecule has 4 fully saturated rings. The number of ketones is 1. The summed E-state index contributed by atoms with van der Waals surface area (Å²) in [6.45, 7) is 4.89. The van der Waals surface area contributed by atoms with Gasteiger partial charge in [0.15, 0.2) is 0 Å². The van der Waals surface area contributed by atoms with Gasteiger partial charge in [-0.2, -0.15) is 0 Å². The Morgan fingerprint density at radius 2 is 1.81 bits per heavy atom. The van der Waals surface area contributed by atoms with Crippen LogP contribution in [0.5, 0.6) is 0 Å². The molecule has 0 aromatic heterocycles. The van der Waals surface area contributed by atoms with E-state index < -0.39 is 0 Å². The maximum Gasteiger partial charge on any atom is 0.139 e. The van der Waals surface area contributed by atoms with Gasteiger partial charge in [-0.3, -0.25) is 4.79 Å². The van der Waals surface area contributed by atoms with Gasteiger partial charge in [-0.1, -0.05) is 13.8 Å². The molecule has 0 aliphatic heterocycles. The second kappa shape index (κ2) is 4.57. The number of hydrogen-bond donors (Lipinski definition) is 1. The molecule has 3 N–H and O–H groups in total. The number of carbonyl (C=O) groups excluding carboxylic acids is 1. The van der Waals surface area contributed by atoms with Gasteiger partial charge in [0.1, 0.15) is 5.78 Å². The molecule has 0 unspecified atom stereocenters. The summed E-state index contributed by atoms with van der Waals surface area (Å²) in [5.74, 6) is 3.95. The third-order valence-corrected chi connectivity index (χ3v) is 8.48. The minimum absolute atomic E-state index is 0.0495. The second-order valence-corrected chi connectivity index (χ2v) is 9.22. The highest BCUT2D eigenvalue weighted by molar-refractivity contribution is 5.87. The van der Waals surface area contributed by atoms with Crippen molar-refractivity contribution in [3.8, 4) is 0 Å². The molecular formula is C19H32NO+. The highest BCUT2D eigenvalue weighted by Crippen LogP contribution is 2.65. The Kier molecular flexibility index (Phi) is 3.10. The summed E-state index contributed by atoms with van der Waals surface area (Å²) in [6, 6.07) is 0.696. The first-order valence-electron chi connectivity index (χ1n) is 9.31. The second-order valence-electron chi connectivity index (χ2n) is 9.22. The van der Waals surface area contributed by atoms with Crippen LogP contribution in [0.15, 0.2) is 0 Å². The summed E-state index contributed by atoms with van der Waals surface area (Å²) in [4.78, 5) is 12.4. The fourth-order valence-corrected chi connectivity index (χ4v) is 7.12. The van der Waals surface area contributed by atoms with Gasteiger partial charge in [0.25, 0.3) is 0 Å². The van der Waals surface area contributed by atoms with E-state index in [0.29, 0.717) is 23.2 Å². The van der Waals surface area contributed by atoms with Crippen LogP contribution in [0.25, 0.3) is 0 Å². The molecule has 4 rings (SSSR count). The van der Waals surface area contributed by atoms with E-state index in [0.717, 1.165) is 24.2 Å². The molecule has 0 saturated heterocycles. The maximum atomic E-state index is 12.4. The molecule has 2 nitrogen and oxygen atoms in total. The Bertz CT molecular complexity index is 460. The van der Waals surface area contributed by atoms with Gasteiger partial charge in [0, 0.05) is 18.3 Å². The molecule has 0 bridgehead atoms. The number of fused-ring (bicyclic) bond motifs is 5. The molecule has 4 aliphatic rings. The Hall–Kier alpha value is -0.370. The van der Waals surface area contributed by atoms with Gasteiger partial charge in [-0.05, 0) is 74.0 Å². The first kappa shape index (κ1) is 14.2. The molecule has 4 aliphatic carbocycles. The van der Waals surface area contributed by atoms with E-state index >= 15 is 0 Å². The van der Waals surface area contributed by atoms with Crippen LogP contribution < -0.4 is 5.73 Å². The van der Waals surface area contributed by atoms with Crippen molar-refractivity contribution in [3.05, 3.63) is 0 Å². The van der Waals surface area contributed by atoms with Crippen LogP contribution in [0.1, 0.15) is 71.6 Å². The molecule has 2 heteroatoms. The van der Waals surface area contributed by atoms with E-state index in [1.165, 1.54) is 51.4 Å². The Labute approximate surface area is 129 Å². The van der Waals surface area contributed by atoms with Gasteiger partial charge in [0.2, 0.25) is 0 Å². The first-order valence-corrected chi connectivity index (χ1v) is 9.31. The largest absolute Gasteiger partial charge is 0.355 e. The van der Waals surface area contributed by atoms with Crippen molar-refractivity contribution in [2.24, 2.45) is 34.5 Å². The van der Waals surface area contributed by atoms with E-state index in [4.69, 9.17) is 0 Å². The van der Waals surface area contributed by atoms with Crippen molar-refractivity contribution in [2.45, 2.75) is 77.7 Å². The monoisotopic (exact) mass is 290 g/mol. The number of rotatable bonds is 0. The van der Waals surface area contributed by atoms with Crippen LogP contribution in [0, 0.1) is 34.5 Å². The molecule has 0 spiro atoms. The van der Waals surface area contributed by atoms with Crippen LogP contribution in [-0.4, -0.2) is 11.8 Å². The zero-order valence-corrected chi connectivity index (χ0v) is 13.9. The normalized spacial score (nSPS) is 56.5. The first-order chi connectivity index (χ1) is 9.95. The quantitative estimate of drug-likeness (QED) is 0.731. The number of Topliss-reactive ketones (excluding diaryl/α,β-unsaturated/α-hetero) is 1. The van der Waals surface area contributed by atoms with Crippen molar-refractivity contribution in [2.75, 3.05) is 0 Å². The van der Waals surface area contributed by atoms with Crippen molar-refractivity contribution < 1.29 is 10.5 Å². The molecule has 4 saturated carbocycles. The summed E-state index contributed by atoms with van der Waals surface area (Å²) in [6.07, 6.45) is 11.4. The minimum Gasteiger partial charge on any atom is -0.355 e. The smallest absolute Gasteiger partial charge is 0.139 e. The summed E-state index contributed by atoms with van der Waals surface area (Å²) in [7, 11) is 0. The Morgan fingerprint density at radius 1 is 1.00 bits per heavy atom. The van der Waals surface area contributed by atoms with Crippen LogP contribution in [0.2, 0.25) is 0 Å². The molecule has 0 aromatic carbocycles. The van der Waals surface area contributed by atoms with E-state index in [1.807, 2.05) is 0 Å². The number of hydrogen-bond acceptors (Lipinski definition) is 1. The van der Waals surface area contributed by atoms with Gasteiger partial charge in [-0.15, -0.1) is 0 Å². The molecule has 0 heterocycles. The van der Waals surface area contributed by atoms with Crippen LogP contribution in [0.3, 0.4) is 0 Å². The Morgan fingerprint density at radius 3 is 2.62 bits per heavy atom. The average molecular weight is 290 g/mol. The van der Waals surface area contributed by atoms with E-state index in [-0.39, 0.29) is 5.41 Å². The molecule has 0 aromatic rings. The fourth-order valence-electron chi connectivity index (χ4n) is 7.12. The number of quaternary nitrogens is 1. The van der Waals surface area contributed by atoms with Crippen molar-refractivity contribution in [3.63, 3.8) is 0 Å². The van der Waals surface area contributed by atoms with Crippen molar-refractivity contribution in [1.29, 1.82) is 0 Å². The zero-order chi connectivity index (χ0) is 14.8. The predicted octanol–water partition coefficient (Wildman–Crippen LogP) is 3.21. The molecule has 0 amide bonds.